The molecule has 2 N–H and O–H groups in total. The highest BCUT2D eigenvalue weighted by Gasteiger charge is 2.31. The molecule has 27 heavy (non-hydrogen) atoms. The Balaban J connectivity index is 1.78. The number of carbonyl (C=O) groups excluding carboxylic acids is 2. The van der Waals surface area contributed by atoms with E-state index in [1.165, 1.54) is 7.11 Å². The van der Waals surface area contributed by atoms with Gasteiger partial charge >= 0.3 is 0 Å². The third-order valence-corrected chi connectivity index (χ3v) is 4.41. The Hall–Kier alpha value is -2.93. The summed E-state index contributed by atoms with van der Waals surface area (Å²) in [5.41, 5.74) is 1.24. The van der Waals surface area contributed by atoms with Gasteiger partial charge in [-0.15, -0.1) is 0 Å². The zero-order chi connectivity index (χ0) is 19.4. The molecule has 1 atom stereocenters. The quantitative estimate of drug-likeness (QED) is 0.820. The van der Waals surface area contributed by atoms with Crippen LogP contribution in [0.15, 0.2) is 42.5 Å². The number of fused-ring (bicyclic) bond motifs is 1. The average Bonchev–Trinajstić information content (AvgIpc) is 2.67. The number of carbonyl (C=O) groups is 2. The maximum absolute atomic E-state index is 12.6. The third-order valence-electron chi connectivity index (χ3n) is 4.17. The third kappa shape index (κ3) is 4.25. The smallest absolute Gasteiger partial charge is 0.262 e. The molecular formula is C19H20ClN3O4. The lowest BCUT2D eigenvalue weighted by atomic mass is 10.1. The van der Waals surface area contributed by atoms with Gasteiger partial charge in [0.15, 0.2) is 6.10 Å². The minimum Gasteiger partial charge on any atom is -0.495 e. The van der Waals surface area contributed by atoms with Crippen molar-refractivity contribution >= 4 is 34.8 Å². The molecule has 0 bridgehead atoms. The van der Waals surface area contributed by atoms with Crippen LogP contribution in [0, 0.1) is 0 Å². The molecule has 0 saturated carbocycles. The monoisotopic (exact) mass is 389 g/mol. The number of para-hydroxylation sites is 2. The summed E-state index contributed by atoms with van der Waals surface area (Å²) < 4.78 is 11.0. The summed E-state index contributed by atoms with van der Waals surface area (Å²) in [4.78, 5) is 26.5. The van der Waals surface area contributed by atoms with Crippen LogP contribution in [0.4, 0.5) is 11.4 Å². The fourth-order valence-corrected chi connectivity index (χ4v) is 3.07. The molecule has 7 nitrogen and oxygen atoms in total. The minimum atomic E-state index is -0.696. The number of halogens is 1. The number of anilines is 2. The zero-order valence-electron chi connectivity index (χ0n) is 15.0. The summed E-state index contributed by atoms with van der Waals surface area (Å²) in [7, 11) is 3.07. The first-order valence-electron chi connectivity index (χ1n) is 8.37. The second-order valence-electron chi connectivity index (χ2n) is 5.96. The standard InChI is InChI=1S/C19H20ClN3O4/c1-21-19(25)17-10-23(14-5-3-4-6-16(14)27-17)11-18(24)22-13-9-12(20)7-8-15(13)26-2/h3-9,17H,10-11H2,1-2H3,(H,21,25)(H,22,24). The van der Waals surface area contributed by atoms with E-state index < -0.39 is 6.10 Å². The summed E-state index contributed by atoms with van der Waals surface area (Å²) in [5.74, 6) is 0.568. The van der Waals surface area contributed by atoms with Crippen LogP contribution in [0.2, 0.25) is 5.02 Å². The van der Waals surface area contributed by atoms with Gasteiger partial charge in [-0.3, -0.25) is 9.59 Å². The van der Waals surface area contributed by atoms with Crippen LogP contribution < -0.4 is 25.0 Å². The molecule has 0 spiro atoms. The van der Waals surface area contributed by atoms with Crippen LogP contribution in [-0.4, -0.2) is 45.2 Å². The lowest BCUT2D eigenvalue weighted by Crippen LogP contribution is -2.50. The summed E-state index contributed by atoms with van der Waals surface area (Å²) >= 11 is 6.01. The summed E-state index contributed by atoms with van der Waals surface area (Å²) in [6, 6.07) is 12.3. The van der Waals surface area contributed by atoms with Gasteiger partial charge in [0.05, 0.1) is 31.6 Å². The van der Waals surface area contributed by atoms with Crippen LogP contribution in [0.3, 0.4) is 0 Å². The number of nitrogens with one attached hydrogen (secondary N) is 2. The van der Waals surface area contributed by atoms with Gasteiger partial charge in [0.2, 0.25) is 5.91 Å². The molecule has 3 rings (SSSR count). The largest absolute Gasteiger partial charge is 0.495 e. The van der Waals surface area contributed by atoms with Crippen molar-refractivity contribution in [1.82, 2.24) is 5.32 Å². The number of nitrogens with zero attached hydrogens (tertiary/aromatic N) is 1. The van der Waals surface area contributed by atoms with Gasteiger partial charge in [0.1, 0.15) is 11.5 Å². The predicted molar refractivity (Wildman–Crippen MR) is 104 cm³/mol. The molecule has 1 heterocycles. The van der Waals surface area contributed by atoms with Crippen molar-refractivity contribution in [3.8, 4) is 11.5 Å². The second kappa shape index (κ2) is 8.18. The molecular weight excluding hydrogens is 370 g/mol. The van der Waals surface area contributed by atoms with E-state index in [0.717, 1.165) is 5.69 Å². The van der Waals surface area contributed by atoms with Crippen LogP contribution in [-0.2, 0) is 9.59 Å². The van der Waals surface area contributed by atoms with E-state index in [1.807, 2.05) is 23.1 Å². The van der Waals surface area contributed by atoms with Gasteiger partial charge in [0.25, 0.3) is 5.91 Å². The van der Waals surface area contributed by atoms with E-state index in [-0.39, 0.29) is 24.9 Å². The predicted octanol–water partition coefficient (Wildman–Crippen LogP) is 2.30. The molecule has 0 aromatic heterocycles. The lowest BCUT2D eigenvalue weighted by molar-refractivity contribution is -0.127. The van der Waals surface area contributed by atoms with Crippen molar-refractivity contribution in [2.75, 3.05) is 37.5 Å². The van der Waals surface area contributed by atoms with Gasteiger partial charge in [0, 0.05) is 12.1 Å². The number of hydrogen-bond donors (Lipinski definition) is 2. The highest BCUT2D eigenvalue weighted by atomic mass is 35.5. The fourth-order valence-electron chi connectivity index (χ4n) is 2.90. The molecule has 2 amide bonds. The molecule has 0 aliphatic carbocycles. The highest BCUT2D eigenvalue weighted by Crippen LogP contribution is 2.33. The first-order chi connectivity index (χ1) is 13.0. The van der Waals surface area contributed by atoms with E-state index in [1.54, 1.807) is 31.3 Å². The maximum atomic E-state index is 12.6. The summed E-state index contributed by atoms with van der Waals surface area (Å²) in [6.45, 7) is 0.306. The van der Waals surface area contributed by atoms with Crippen LogP contribution >= 0.6 is 11.6 Å². The van der Waals surface area contributed by atoms with Crippen molar-refractivity contribution in [3.63, 3.8) is 0 Å². The van der Waals surface area contributed by atoms with Gasteiger partial charge in [-0.1, -0.05) is 23.7 Å². The maximum Gasteiger partial charge on any atom is 0.262 e. The Bertz CT molecular complexity index is 859. The Labute approximate surface area is 162 Å². The van der Waals surface area contributed by atoms with Crippen molar-refractivity contribution in [2.24, 2.45) is 0 Å². The normalized spacial score (nSPS) is 15.4. The van der Waals surface area contributed by atoms with E-state index in [2.05, 4.69) is 10.6 Å². The summed E-state index contributed by atoms with van der Waals surface area (Å²) in [6.07, 6.45) is -0.696. The van der Waals surface area contributed by atoms with E-state index in [9.17, 15) is 9.59 Å². The Morgan fingerprint density at radius 3 is 2.81 bits per heavy atom. The van der Waals surface area contributed by atoms with Crippen molar-refractivity contribution in [1.29, 1.82) is 0 Å². The summed E-state index contributed by atoms with van der Waals surface area (Å²) in [5, 5.41) is 5.87. The molecule has 142 valence electrons. The van der Waals surface area contributed by atoms with Gasteiger partial charge in [-0.25, -0.2) is 0 Å². The molecule has 0 saturated heterocycles. The van der Waals surface area contributed by atoms with Gasteiger partial charge < -0.3 is 25.0 Å². The molecule has 1 unspecified atom stereocenters. The second-order valence-corrected chi connectivity index (χ2v) is 6.40. The molecule has 2 aromatic carbocycles. The van der Waals surface area contributed by atoms with Crippen LogP contribution in [0.5, 0.6) is 11.5 Å². The number of likely N-dealkylation sites (N-methyl/N-ethyl adjacent to an activating group) is 1. The first kappa shape index (κ1) is 18.8. The zero-order valence-corrected chi connectivity index (χ0v) is 15.7. The Morgan fingerprint density at radius 1 is 1.30 bits per heavy atom. The topological polar surface area (TPSA) is 79.9 Å². The van der Waals surface area contributed by atoms with Crippen LogP contribution in [0.25, 0.3) is 0 Å². The van der Waals surface area contributed by atoms with Crippen LogP contribution in [0.1, 0.15) is 0 Å². The first-order valence-corrected chi connectivity index (χ1v) is 8.75. The van der Waals surface area contributed by atoms with E-state index >= 15 is 0 Å². The van der Waals surface area contributed by atoms with Gasteiger partial charge in [-0.05, 0) is 30.3 Å². The van der Waals surface area contributed by atoms with Gasteiger partial charge in [-0.2, -0.15) is 0 Å². The van der Waals surface area contributed by atoms with E-state index in [4.69, 9.17) is 21.1 Å². The Kier molecular flexibility index (Phi) is 5.71. The molecule has 0 fully saturated rings. The molecule has 2 aromatic rings. The lowest BCUT2D eigenvalue weighted by Gasteiger charge is -2.35. The fraction of sp³-hybridized carbons (Fsp3) is 0.263. The number of ether oxygens (including phenoxy) is 2. The Morgan fingerprint density at radius 2 is 2.07 bits per heavy atom. The number of hydrogen-bond acceptors (Lipinski definition) is 5. The average molecular weight is 390 g/mol. The number of methoxy groups -OCH3 is 1. The van der Waals surface area contributed by atoms with E-state index in [0.29, 0.717) is 22.2 Å². The minimum absolute atomic E-state index is 0.0452. The SMILES string of the molecule is CNC(=O)C1CN(CC(=O)Nc2cc(Cl)ccc2OC)c2ccccc2O1. The molecule has 1 aliphatic rings. The molecule has 0 radical (unpaired) electrons. The highest BCUT2D eigenvalue weighted by molar-refractivity contribution is 6.31. The molecule has 8 heteroatoms. The molecule has 1 aliphatic heterocycles. The number of benzene rings is 2. The number of amides is 2. The number of rotatable bonds is 5. The van der Waals surface area contributed by atoms with Crippen molar-refractivity contribution in [3.05, 3.63) is 47.5 Å². The van der Waals surface area contributed by atoms with Crippen molar-refractivity contribution in [2.45, 2.75) is 6.10 Å². The van der Waals surface area contributed by atoms with Crippen molar-refractivity contribution < 1.29 is 19.1 Å².